The summed E-state index contributed by atoms with van der Waals surface area (Å²) in [6, 6.07) is 1.10. The van der Waals surface area contributed by atoms with Crippen LogP contribution in [0.4, 0.5) is 0 Å². The minimum atomic E-state index is -0.507. The van der Waals surface area contributed by atoms with Gasteiger partial charge in [-0.25, -0.2) is 0 Å². The molecule has 2 rings (SSSR count). The molecule has 0 aromatic heterocycles. The van der Waals surface area contributed by atoms with E-state index >= 15 is 0 Å². The molecule has 1 unspecified atom stereocenters. The number of carbonyl (C=O) groups is 2. The average Bonchev–Trinajstić information content (AvgIpc) is 2.56. The lowest BCUT2D eigenvalue weighted by Crippen LogP contribution is -2.16. The number of ether oxygens (including phenoxy) is 2. The van der Waals surface area contributed by atoms with E-state index in [0.717, 1.165) is 6.42 Å². The summed E-state index contributed by atoms with van der Waals surface area (Å²) < 4.78 is 10.7. The second-order valence-corrected chi connectivity index (χ2v) is 5.02. The zero-order valence-electron chi connectivity index (χ0n) is 13.2. The van der Waals surface area contributed by atoms with Crippen molar-refractivity contribution in [3.63, 3.8) is 0 Å². The Morgan fingerprint density at radius 1 is 1.17 bits per heavy atom. The van der Waals surface area contributed by atoms with E-state index in [2.05, 4.69) is 10.0 Å². The predicted molar refractivity (Wildman–Crippen MR) is 84.1 cm³/mol. The molecule has 0 radical (unpaired) electrons. The fourth-order valence-electron chi connectivity index (χ4n) is 2.70. The highest BCUT2D eigenvalue weighted by Gasteiger charge is 2.31. The third-order valence-corrected chi connectivity index (χ3v) is 3.69. The van der Waals surface area contributed by atoms with Gasteiger partial charge in [0, 0.05) is 10.5 Å². The van der Waals surface area contributed by atoms with Crippen molar-refractivity contribution < 1.29 is 19.1 Å². The normalized spacial score (nSPS) is 14.0. The first-order valence-electron chi connectivity index (χ1n) is 7.18. The Morgan fingerprint density at radius 3 is 2.35 bits per heavy atom. The van der Waals surface area contributed by atoms with Gasteiger partial charge in [-0.3, -0.25) is 9.59 Å². The number of ketones is 2. The summed E-state index contributed by atoms with van der Waals surface area (Å²) in [5.74, 6) is -0.132. The van der Waals surface area contributed by atoms with E-state index in [-0.39, 0.29) is 34.2 Å². The van der Waals surface area contributed by atoms with Crippen molar-refractivity contribution in [3.05, 3.63) is 45.4 Å². The van der Waals surface area contributed by atoms with Gasteiger partial charge in [0.1, 0.15) is 11.5 Å². The lowest BCUT2D eigenvalue weighted by molar-refractivity contribution is 0.0988. The number of nitrogens with zero attached hydrogens (tertiary/aromatic N) is 3. The molecule has 1 aliphatic carbocycles. The molecule has 1 atom stereocenters. The molecule has 0 aliphatic heterocycles. The first-order chi connectivity index (χ1) is 11.1. The van der Waals surface area contributed by atoms with Crippen LogP contribution in [0.25, 0.3) is 10.4 Å². The van der Waals surface area contributed by atoms with Gasteiger partial charge in [-0.15, -0.1) is 0 Å². The standard InChI is InChI=1S/C16H17N3O4/c1-4-5-10(18-19-17)9-8-13(22-2)14-11(20)6-7-12(21)15(14)16(9)23-3/h6-8,10H,4-5H2,1-3H3. The Kier molecular flexibility index (Phi) is 5.03. The number of rotatable bonds is 6. The van der Waals surface area contributed by atoms with Crippen LogP contribution in [-0.2, 0) is 0 Å². The maximum atomic E-state index is 12.3. The third kappa shape index (κ3) is 2.91. The van der Waals surface area contributed by atoms with Crippen LogP contribution in [0, 0.1) is 0 Å². The van der Waals surface area contributed by atoms with Crippen molar-refractivity contribution >= 4 is 11.6 Å². The minimum absolute atomic E-state index is 0.156. The van der Waals surface area contributed by atoms with E-state index in [1.54, 1.807) is 6.07 Å². The summed E-state index contributed by atoms with van der Waals surface area (Å²) in [6.45, 7) is 1.96. The summed E-state index contributed by atoms with van der Waals surface area (Å²) in [4.78, 5) is 27.3. The van der Waals surface area contributed by atoms with Crippen LogP contribution >= 0.6 is 0 Å². The molecule has 0 saturated heterocycles. The lowest BCUT2D eigenvalue weighted by Gasteiger charge is -2.22. The van der Waals surface area contributed by atoms with Crippen LogP contribution in [-0.4, -0.2) is 25.8 Å². The number of benzene rings is 1. The van der Waals surface area contributed by atoms with Crippen LogP contribution in [0.1, 0.15) is 52.1 Å². The summed E-state index contributed by atoms with van der Waals surface area (Å²) in [7, 11) is 2.84. The Balaban J connectivity index is 2.80. The van der Waals surface area contributed by atoms with Crippen LogP contribution in [0.15, 0.2) is 23.3 Å². The number of allylic oxidation sites excluding steroid dienone is 2. The number of carbonyl (C=O) groups excluding carboxylic acids is 2. The van der Waals surface area contributed by atoms with Gasteiger partial charge in [-0.05, 0) is 30.2 Å². The number of azide groups is 1. The van der Waals surface area contributed by atoms with Gasteiger partial charge < -0.3 is 9.47 Å². The second-order valence-electron chi connectivity index (χ2n) is 5.02. The molecule has 7 heteroatoms. The van der Waals surface area contributed by atoms with Gasteiger partial charge in [-0.2, -0.15) is 0 Å². The van der Waals surface area contributed by atoms with E-state index in [9.17, 15) is 9.59 Å². The predicted octanol–water partition coefficient (Wildman–Crippen LogP) is 3.79. The van der Waals surface area contributed by atoms with Crippen molar-refractivity contribution in [1.29, 1.82) is 0 Å². The maximum Gasteiger partial charge on any atom is 0.190 e. The Hall–Kier alpha value is -2.79. The Labute approximate surface area is 133 Å². The molecule has 1 aliphatic rings. The summed E-state index contributed by atoms with van der Waals surface area (Å²) in [5, 5.41) is 3.79. The summed E-state index contributed by atoms with van der Waals surface area (Å²) in [6.07, 6.45) is 3.78. The quantitative estimate of drug-likeness (QED) is 0.452. The number of hydrogen-bond donors (Lipinski definition) is 0. The topological polar surface area (TPSA) is 101 Å². The van der Waals surface area contributed by atoms with E-state index < -0.39 is 6.04 Å². The molecule has 0 saturated carbocycles. The zero-order valence-corrected chi connectivity index (χ0v) is 13.2. The van der Waals surface area contributed by atoms with E-state index in [1.807, 2.05) is 6.92 Å². The first-order valence-corrected chi connectivity index (χ1v) is 7.18. The van der Waals surface area contributed by atoms with Gasteiger partial charge in [0.15, 0.2) is 11.6 Å². The Bertz CT molecular complexity index is 733. The van der Waals surface area contributed by atoms with Crippen molar-refractivity contribution in [2.75, 3.05) is 14.2 Å². The first kappa shape index (κ1) is 16.6. The van der Waals surface area contributed by atoms with Gasteiger partial charge in [0.25, 0.3) is 0 Å². The number of fused-ring (bicyclic) bond motifs is 1. The molecule has 1 aromatic rings. The van der Waals surface area contributed by atoms with Crippen LogP contribution < -0.4 is 9.47 Å². The third-order valence-electron chi connectivity index (χ3n) is 3.69. The molecule has 0 amide bonds. The van der Waals surface area contributed by atoms with Crippen LogP contribution in [0.3, 0.4) is 0 Å². The number of methoxy groups -OCH3 is 2. The molecule has 0 fully saturated rings. The highest BCUT2D eigenvalue weighted by atomic mass is 16.5. The van der Waals surface area contributed by atoms with Crippen molar-refractivity contribution in [1.82, 2.24) is 0 Å². The minimum Gasteiger partial charge on any atom is -0.496 e. The highest BCUT2D eigenvalue weighted by molar-refractivity contribution is 6.24. The second kappa shape index (κ2) is 6.98. The van der Waals surface area contributed by atoms with E-state index in [1.165, 1.54) is 26.4 Å². The summed E-state index contributed by atoms with van der Waals surface area (Å²) >= 11 is 0. The molecule has 120 valence electrons. The van der Waals surface area contributed by atoms with Crippen LogP contribution in [0.2, 0.25) is 0 Å². The Morgan fingerprint density at radius 2 is 1.83 bits per heavy atom. The molecule has 1 aromatic carbocycles. The molecular weight excluding hydrogens is 298 g/mol. The molecule has 0 spiro atoms. The van der Waals surface area contributed by atoms with Crippen molar-refractivity contribution in [2.45, 2.75) is 25.8 Å². The lowest BCUT2D eigenvalue weighted by atomic mass is 9.88. The van der Waals surface area contributed by atoms with Crippen LogP contribution in [0.5, 0.6) is 11.5 Å². The smallest absolute Gasteiger partial charge is 0.190 e. The monoisotopic (exact) mass is 315 g/mol. The SMILES string of the molecule is CCCC(N=[N+]=[N-])c1cc(OC)c2c(c1OC)C(=O)C=CC2=O. The average molecular weight is 315 g/mol. The highest BCUT2D eigenvalue weighted by Crippen LogP contribution is 2.42. The maximum absolute atomic E-state index is 12.3. The van der Waals surface area contributed by atoms with E-state index in [0.29, 0.717) is 12.0 Å². The molecule has 0 bridgehead atoms. The fraction of sp³-hybridized carbons (Fsp3) is 0.375. The van der Waals surface area contributed by atoms with Gasteiger partial charge in [-0.1, -0.05) is 18.5 Å². The summed E-state index contributed by atoms with van der Waals surface area (Å²) in [5.41, 5.74) is 9.68. The number of hydrogen-bond acceptors (Lipinski definition) is 5. The molecular formula is C16H17N3O4. The van der Waals surface area contributed by atoms with Gasteiger partial charge >= 0.3 is 0 Å². The molecule has 0 N–H and O–H groups in total. The van der Waals surface area contributed by atoms with Crippen molar-refractivity contribution in [2.24, 2.45) is 5.11 Å². The van der Waals surface area contributed by atoms with Gasteiger partial charge in [0.2, 0.25) is 0 Å². The fourth-order valence-corrected chi connectivity index (χ4v) is 2.70. The molecule has 23 heavy (non-hydrogen) atoms. The molecule has 0 heterocycles. The van der Waals surface area contributed by atoms with Crippen molar-refractivity contribution in [3.8, 4) is 11.5 Å². The zero-order chi connectivity index (χ0) is 17.0. The molecule has 7 nitrogen and oxygen atoms in total. The van der Waals surface area contributed by atoms with E-state index in [4.69, 9.17) is 15.0 Å². The van der Waals surface area contributed by atoms with Gasteiger partial charge in [0.05, 0.1) is 31.4 Å². The largest absolute Gasteiger partial charge is 0.496 e.